The summed E-state index contributed by atoms with van der Waals surface area (Å²) in [6.45, 7) is 2.01. The maximum atomic E-state index is 13.5. The molecule has 0 amide bonds. The third kappa shape index (κ3) is 3.67. The number of benzene rings is 2. The molecule has 0 aliphatic rings. The van der Waals surface area contributed by atoms with E-state index < -0.39 is 0 Å². The molecular weight excluding hydrogens is 386 g/mol. The molecule has 0 aliphatic carbocycles. The lowest BCUT2D eigenvalue weighted by molar-refractivity contribution is 0.105. The molecule has 5 nitrogen and oxygen atoms in total. The number of Topliss-reactive ketones (excluding diaryl/α,β-unsaturated/α-hetero) is 1. The number of aryl methyl sites for hydroxylation is 1. The molecule has 0 saturated carbocycles. The van der Waals surface area contributed by atoms with Gasteiger partial charge in [-0.25, -0.2) is 4.98 Å². The average molecular weight is 405 g/mol. The van der Waals surface area contributed by atoms with Gasteiger partial charge in [0.15, 0.2) is 22.9 Å². The molecule has 2 heterocycles. The molecule has 2 aromatic carbocycles. The van der Waals surface area contributed by atoms with E-state index in [1.165, 1.54) is 0 Å². The highest BCUT2D eigenvalue weighted by Gasteiger charge is 2.22. The van der Waals surface area contributed by atoms with Gasteiger partial charge in [0.25, 0.3) is 0 Å². The Bertz CT molecular complexity index is 1190. The standard InChI is InChI=1S/C23H19NO4S/c1-14-10-11-29-21(14)13-16(23-24-17-6-4-5-7-18(17)28-23)22(25)15-8-9-19(26-2)20(12-15)27-3/h4-13H,1-3H3/b16-13-. The first-order valence-corrected chi connectivity index (χ1v) is 9.87. The molecule has 0 N–H and O–H groups in total. The molecule has 4 aromatic rings. The minimum atomic E-state index is -0.203. The van der Waals surface area contributed by atoms with Crippen LogP contribution in [-0.4, -0.2) is 25.0 Å². The van der Waals surface area contributed by atoms with Crippen LogP contribution in [0.1, 0.15) is 26.7 Å². The minimum Gasteiger partial charge on any atom is -0.493 e. The number of aromatic nitrogens is 1. The second-order valence-electron chi connectivity index (χ2n) is 6.41. The number of hydrogen-bond donors (Lipinski definition) is 0. The number of rotatable bonds is 6. The van der Waals surface area contributed by atoms with Gasteiger partial charge in [0.1, 0.15) is 5.52 Å². The second-order valence-corrected chi connectivity index (χ2v) is 7.36. The Morgan fingerprint density at radius 2 is 1.86 bits per heavy atom. The van der Waals surface area contributed by atoms with Gasteiger partial charge < -0.3 is 13.9 Å². The van der Waals surface area contributed by atoms with E-state index in [4.69, 9.17) is 13.9 Å². The van der Waals surface area contributed by atoms with E-state index in [9.17, 15) is 4.79 Å². The predicted molar refractivity (Wildman–Crippen MR) is 115 cm³/mol. The van der Waals surface area contributed by atoms with Gasteiger partial charge in [0.05, 0.1) is 19.8 Å². The molecule has 0 unspecified atom stereocenters. The molecule has 0 spiro atoms. The fourth-order valence-electron chi connectivity index (χ4n) is 3.01. The Kier molecular flexibility index (Phi) is 5.18. The maximum absolute atomic E-state index is 13.5. The SMILES string of the molecule is COc1ccc(C(=O)/C(=C/c2sccc2C)c2nc3ccccc3o2)cc1OC. The highest BCUT2D eigenvalue weighted by Crippen LogP contribution is 2.32. The summed E-state index contributed by atoms with van der Waals surface area (Å²) in [7, 11) is 3.10. The van der Waals surface area contributed by atoms with Gasteiger partial charge in [-0.05, 0) is 60.3 Å². The lowest BCUT2D eigenvalue weighted by Gasteiger charge is -2.09. The lowest BCUT2D eigenvalue weighted by Crippen LogP contribution is -2.04. The number of oxazole rings is 1. The zero-order valence-electron chi connectivity index (χ0n) is 16.3. The van der Waals surface area contributed by atoms with Crippen molar-refractivity contribution in [3.05, 3.63) is 75.8 Å². The first-order valence-electron chi connectivity index (χ1n) is 8.99. The Morgan fingerprint density at radius 3 is 2.55 bits per heavy atom. The highest BCUT2D eigenvalue weighted by atomic mass is 32.1. The van der Waals surface area contributed by atoms with Gasteiger partial charge in [-0.15, -0.1) is 11.3 Å². The summed E-state index contributed by atoms with van der Waals surface area (Å²) >= 11 is 1.56. The van der Waals surface area contributed by atoms with Crippen LogP contribution < -0.4 is 9.47 Å². The number of allylic oxidation sites excluding steroid dienone is 1. The van der Waals surface area contributed by atoms with Crippen molar-refractivity contribution in [2.24, 2.45) is 0 Å². The molecule has 4 rings (SSSR count). The number of ketones is 1. The summed E-state index contributed by atoms with van der Waals surface area (Å²) in [5.41, 5.74) is 3.28. The van der Waals surface area contributed by atoms with E-state index in [-0.39, 0.29) is 5.78 Å². The number of carbonyl (C=O) groups excluding carboxylic acids is 1. The topological polar surface area (TPSA) is 61.6 Å². The minimum absolute atomic E-state index is 0.203. The van der Waals surface area contributed by atoms with Gasteiger partial charge in [-0.2, -0.15) is 0 Å². The fourth-order valence-corrected chi connectivity index (χ4v) is 3.87. The molecule has 0 atom stereocenters. The van der Waals surface area contributed by atoms with Crippen molar-refractivity contribution < 1.29 is 18.7 Å². The number of para-hydroxylation sites is 2. The normalized spacial score (nSPS) is 11.6. The van der Waals surface area contributed by atoms with Crippen molar-refractivity contribution in [1.29, 1.82) is 0 Å². The van der Waals surface area contributed by atoms with Gasteiger partial charge in [0.2, 0.25) is 5.89 Å². The van der Waals surface area contributed by atoms with E-state index in [2.05, 4.69) is 4.98 Å². The van der Waals surface area contributed by atoms with Crippen LogP contribution in [0.25, 0.3) is 22.7 Å². The maximum Gasteiger partial charge on any atom is 0.231 e. The number of hydrogen-bond acceptors (Lipinski definition) is 6. The number of carbonyl (C=O) groups is 1. The molecular formula is C23H19NO4S. The van der Waals surface area contributed by atoms with Crippen LogP contribution in [0.15, 0.2) is 58.3 Å². The van der Waals surface area contributed by atoms with Crippen LogP contribution in [-0.2, 0) is 0 Å². The molecule has 0 bridgehead atoms. The Labute approximate surface area is 172 Å². The predicted octanol–water partition coefficient (Wildman–Crippen LogP) is 5.64. The van der Waals surface area contributed by atoms with E-state index in [1.54, 1.807) is 43.8 Å². The van der Waals surface area contributed by atoms with Crippen LogP contribution in [0.2, 0.25) is 0 Å². The molecule has 146 valence electrons. The van der Waals surface area contributed by atoms with Gasteiger partial charge in [-0.3, -0.25) is 4.79 Å². The van der Waals surface area contributed by atoms with Crippen LogP contribution >= 0.6 is 11.3 Å². The summed E-state index contributed by atoms with van der Waals surface area (Å²) in [5.74, 6) is 1.14. The zero-order chi connectivity index (χ0) is 20.4. The third-order valence-electron chi connectivity index (χ3n) is 4.59. The van der Waals surface area contributed by atoms with E-state index in [0.717, 1.165) is 10.4 Å². The van der Waals surface area contributed by atoms with Crippen molar-refractivity contribution in [2.45, 2.75) is 6.92 Å². The molecule has 29 heavy (non-hydrogen) atoms. The summed E-state index contributed by atoms with van der Waals surface area (Å²) < 4.78 is 16.5. The van der Waals surface area contributed by atoms with Crippen LogP contribution in [0, 0.1) is 6.92 Å². The van der Waals surface area contributed by atoms with Crippen molar-refractivity contribution in [3.8, 4) is 11.5 Å². The van der Waals surface area contributed by atoms with Crippen molar-refractivity contribution in [3.63, 3.8) is 0 Å². The summed E-state index contributed by atoms with van der Waals surface area (Å²) in [4.78, 5) is 19.0. The van der Waals surface area contributed by atoms with Crippen LogP contribution in [0.3, 0.4) is 0 Å². The Morgan fingerprint density at radius 1 is 1.07 bits per heavy atom. The first kappa shape index (κ1) is 19.0. The molecule has 0 saturated heterocycles. The van der Waals surface area contributed by atoms with Gasteiger partial charge in [-0.1, -0.05) is 12.1 Å². The van der Waals surface area contributed by atoms with E-state index in [1.807, 2.05) is 48.7 Å². The van der Waals surface area contributed by atoms with Crippen LogP contribution in [0.5, 0.6) is 11.5 Å². The molecule has 0 aliphatic heterocycles. The number of thiophene rings is 1. The Balaban J connectivity index is 1.85. The number of methoxy groups -OCH3 is 2. The van der Waals surface area contributed by atoms with Gasteiger partial charge in [0, 0.05) is 10.4 Å². The quantitative estimate of drug-likeness (QED) is 0.307. The molecule has 2 aromatic heterocycles. The van der Waals surface area contributed by atoms with Gasteiger partial charge >= 0.3 is 0 Å². The fraction of sp³-hybridized carbons (Fsp3) is 0.130. The summed E-state index contributed by atoms with van der Waals surface area (Å²) in [5, 5.41) is 1.99. The number of fused-ring (bicyclic) bond motifs is 1. The van der Waals surface area contributed by atoms with Crippen molar-refractivity contribution >= 4 is 39.9 Å². The van der Waals surface area contributed by atoms with Crippen molar-refractivity contribution in [1.82, 2.24) is 4.98 Å². The third-order valence-corrected chi connectivity index (χ3v) is 5.56. The monoisotopic (exact) mass is 405 g/mol. The zero-order valence-corrected chi connectivity index (χ0v) is 17.1. The largest absolute Gasteiger partial charge is 0.493 e. The average Bonchev–Trinajstić information content (AvgIpc) is 3.36. The molecule has 0 radical (unpaired) electrons. The highest BCUT2D eigenvalue weighted by molar-refractivity contribution is 7.11. The molecule has 6 heteroatoms. The molecule has 0 fully saturated rings. The smallest absolute Gasteiger partial charge is 0.231 e. The number of nitrogens with zero attached hydrogens (tertiary/aromatic N) is 1. The summed E-state index contributed by atoms with van der Waals surface area (Å²) in [6.07, 6.45) is 1.84. The lowest BCUT2D eigenvalue weighted by atomic mass is 10.0. The van der Waals surface area contributed by atoms with Crippen molar-refractivity contribution in [2.75, 3.05) is 14.2 Å². The van der Waals surface area contributed by atoms with E-state index in [0.29, 0.717) is 39.6 Å². The summed E-state index contributed by atoms with van der Waals surface area (Å²) in [6, 6.07) is 14.6. The van der Waals surface area contributed by atoms with E-state index >= 15 is 0 Å². The first-order chi connectivity index (χ1) is 14.1. The number of ether oxygens (including phenoxy) is 2. The van der Waals surface area contributed by atoms with Crippen LogP contribution in [0.4, 0.5) is 0 Å². The Hall–Kier alpha value is -3.38. The second kappa shape index (κ2) is 7.93.